The third kappa shape index (κ3) is 3.68. The number of para-hydroxylation sites is 1. The SMILES string of the molecule is CC[n+]1c(N=c2sc3cc(Cl)ccc3n2C)sc(C=C=C2Sc3ccccc3N2C)c1O. The van der Waals surface area contributed by atoms with E-state index >= 15 is 0 Å². The number of halogens is 1. The third-order valence-electron chi connectivity index (χ3n) is 5.25. The van der Waals surface area contributed by atoms with Crippen molar-refractivity contribution in [2.24, 2.45) is 12.0 Å². The number of hydrogen-bond acceptors (Lipinski definition) is 6. The minimum Gasteiger partial charge on any atom is -0.477 e. The van der Waals surface area contributed by atoms with Gasteiger partial charge in [0.1, 0.15) is 9.91 Å². The number of aromatic hydroxyl groups is 1. The van der Waals surface area contributed by atoms with Crippen LogP contribution in [0.2, 0.25) is 5.02 Å². The van der Waals surface area contributed by atoms with Crippen LogP contribution < -0.4 is 14.3 Å². The first-order valence-corrected chi connectivity index (χ1v) is 12.8. The van der Waals surface area contributed by atoms with Gasteiger partial charge in [-0.3, -0.25) is 4.57 Å². The fourth-order valence-corrected chi connectivity index (χ4v) is 6.88. The van der Waals surface area contributed by atoms with E-state index in [0.717, 1.165) is 30.1 Å². The summed E-state index contributed by atoms with van der Waals surface area (Å²) >= 11 is 10.9. The molecule has 9 heteroatoms. The molecule has 0 unspecified atom stereocenters. The Hall–Kier alpha value is -2.48. The fraction of sp³-hybridized carbons (Fsp3) is 0.174. The van der Waals surface area contributed by atoms with E-state index in [1.165, 1.54) is 21.9 Å². The van der Waals surface area contributed by atoms with E-state index in [-0.39, 0.29) is 5.88 Å². The average molecular weight is 500 g/mol. The summed E-state index contributed by atoms with van der Waals surface area (Å²) in [6, 6.07) is 14.1. The van der Waals surface area contributed by atoms with Crippen molar-refractivity contribution in [2.75, 3.05) is 11.9 Å². The molecule has 0 radical (unpaired) electrons. The van der Waals surface area contributed by atoms with Crippen LogP contribution in [0.25, 0.3) is 16.3 Å². The first-order chi connectivity index (χ1) is 15.5. The van der Waals surface area contributed by atoms with E-state index in [2.05, 4.69) is 22.8 Å². The van der Waals surface area contributed by atoms with Crippen molar-refractivity contribution in [3.05, 3.63) is 67.9 Å². The van der Waals surface area contributed by atoms with E-state index in [1.54, 1.807) is 23.1 Å². The molecule has 1 aliphatic rings. The van der Waals surface area contributed by atoms with Gasteiger partial charge in [-0.05, 0) is 48.6 Å². The summed E-state index contributed by atoms with van der Waals surface area (Å²) < 4.78 is 4.94. The zero-order valence-electron chi connectivity index (χ0n) is 17.7. The molecule has 4 aromatic rings. The number of benzene rings is 2. The van der Waals surface area contributed by atoms with Crippen molar-refractivity contribution >= 4 is 73.1 Å². The standard InChI is InChI=1S/C23H19ClN4OS3/c1-4-28-21(29)18(11-12-20-26(2)15-7-5-6-8-17(15)30-20)31-23(28)25-22-27(3)16-10-9-14(24)13-19(16)32-22/h5-11,13H,4H2,1-3H3/p+1. The number of aryl methyl sites for hydroxylation is 1. The summed E-state index contributed by atoms with van der Waals surface area (Å²) in [6.45, 7) is 2.62. The molecule has 2 aromatic carbocycles. The van der Waals surface area contributed by atoms with Gasteiger partial charge in [-0.25, -0.2) is 0 Å². The van der Waals surface area contributed by atoms with Crippen LogP contribution in [0.15, 0.2) is 63.1 Å². The minimum absolute atomic E-state index is 0.208. The Balaban J connectivity index is 1.57. The van der Waals surface area contributed by atoms with E-state index < -0.39 is 0 Å². The molecular formula is C23H20ClN4OS3+. The smallest absolute Gasteiger partial charge is 0.389 e. The molecule has 1 N–H and O–H groups in total. The maximum atomic E-state index is 10.8. The van der Waals surface area contributed by atoms with Gasteiger partial charge in [-0.2, -0.15) is 4.57 Å². The molecule has 2 aromatic heterocycles. The van der Waals surface area contributed by atoms with Gasteiger partial charge in [-0.1, -0.05) is 52.6 Å². The molecule has 5 nitrogen and oxygen atoms in total. The molecule has 0 saturated heterocycles. The maximum absolute atomic E-state index is 10.8. The lowest BCUT2D eigenvalue weighted by molar-refractivity contribution is -0.682. The molecule has 3 heterocycles. The number of hydrogen-bond donors (Lipinski definition) is 1. The zero-order valence-corrected chi connectivity index (χ0v) is 20.9. The Bertz CT molecular complexity index is 1490. The number of rotatable bonds is 3. The monoisotopic (exact) mass is 499 g/mol. The normalized spacial score (nSPS) is 13.7. The lowest BCUT2D eigenvalue weighted by Gasteiger charge is -2.10. The van der Waals surface area contributed by atoms with E-state index in [1.807, 2.05) is 66.6 Å². The summed E-state index contributed by atoms with van der Waals surface area (Å²) in [6.07, 6.45) is 1.85. The number of nitrogens with zero attached hydrogens (tertiary/aromatic N) is 4. The molecule has 5 rings (SSSR count). The molecule has 0 aliphatic carbocycles. The lowest BCUT2D eigenvalue weighted by atomic mass is 10.3. The number of thioether (sulfide) groups is 1. The second kappa shape index (κ2) is 8.46. The number of thiazole rings is 2. The van der Waals surface area contributed by atoms with Crippen LogP contribution in [-0.2, 0) is 13.6 Å². The molecule has 0 atom stereocenters. The van der Waals surface area contributed by atoms with Crippen molar-refractivity contribution in [1.82, 2.24) is 4.57 Å². The van der Waals surface area contributed by atoms with Gasteiger partial charge in [0.15, 0.2) is 0 Å². The predicted octanol–water partition coefficient (Wildman–Crippen LogP) is 5.90. The molecule has 0 amide bonds. The molecule has 0 spiro atoms. The van der Waals surface area contributed by atoms with Crippen LogP contribution in [-0.4, -0.2) is 16.7 Å². The molecule has 162 valence electrons. The van der Waals surface area contributed by atoms with E-state index in [0.29, 0.717) is 11.6 Å². The van der Waals surface area contributed by atoms with Crippen LogP contribution in [0.4, 0.5) is 10.8 Å². The average Bonchev–Trinajstić information content (AvgIpc) is 3.38. The summed E-state index contributed by atoms with van der Waals surface area (Å²) in [5.41, 5.74) is 5.61. The molecule has 0 bridgehead atoms. The first kappa shape index (κ1) is 21.4. The quantitative estimate of drug-likeness (QED) is 0.282. The van der Waals surface area contributed by atoms with Gasteiger partial charge < -0.3 is 10.0 Å². The Morgan fingerprint density at radius 2 is 2.00 bits per heavy atom. The van der Waals surface area contributed by atoms with Crippen LogP contribution in [0.1, 0.15) is 11.8 Å². The van der Waals surface area contributed by atoms with Crippen LogP contribution >= 0.6 is 46.0 Å². The van der Waals surface area contributed by atoms with Gasteiger partial charge in [-0.15, -0.1) is 0 Å². The highest BCUT2D eigenvalue weighted by Gasteiger charge is 2.24. The highest BCUT2D eigenvalue weighted by Crippen LogP contribution is 2.44. The van der Waals surface area contributed by atoms with Gasteiger partial charge in [0.25, 0.3) is 0 Å². The fourth-order valence-electron chi connectivity index (χ4n) is 3.54. The highest BCUT2D eigenvalue weighted by atomic mass is 35.5. The molecular weight excluding hydrogens is 480 g/mol. The van der Waals surface area contributed by atoms with E-state index in [4.69, 9.17) is 16.6 Å². The van der Waals surface area contributed by atoms with Gasteiger partial charge in [0.05, 0.1) is 22.4 Å². The Morgan fingerprint density at radius 1 is 1.19 bits per heavy atom. The number of fused-ring (bicyclic) bond motifs is 2. The largest absolute Gasteiger partial charge is 0.477 e. The summed E-state index contributed by atoms with van der Waals surface area (Å²) in [5.74, 6) is 0.208. The topological polar surface area (TPSA) is 44.6 Å². The molecule has 0 saturated carbocycles. The molecule has 32 heavy (non-hydrogen) atoms. The summed E-state index contributed by atoms with van der Waals surface area (Å²) in [4.78, 5) is 9.78. The van der Waals surface area contributed by atoms with Crippen molar-refractivity contribution in [3.63, 3.8) is 0 Å². The van der Waals surface area contributed by atoms with E-state index in [9.17, 15) is 5.11 Å². The maximum Gasteiger partial charge on any atom is 0.389 e. The number of anilines is 1. The Kier molecular flexibility index (Phi) is 5.65. The van der Waals surface area contributed by atoms with Gasteiger partial charge >= 0.3 is 15.8 Å². The third-order valence-corrected chi connectivity index (χ3v) is 8.75. The van der Waals surface area contributed by atoms with Crippen LogP contribution in [0, 0.1) is 0 Å². The number of aromatic nitrogens is 2. The second-order valence-electron chi connectivity index (χ2n) is 7.21. The van der Waals surface area contributed by atoms with Crippen molar-refractivity contribution in [3.8, 4) is 5.88 Å². The van der Waals surface area contributed by atoms with Crippen LogP contribution in [0.3, 0.4) is 0 Å². The first-order valence-electron chi connectivity index (χ1n) is 9.99. The Labute approximate surface area is 202 Å². The lowest BCUT2D eigenvalue weighted by Crippen LogP contribution is -2.30. The highest BCUT2D eigenvalue weighted by molar-refractivity contribution is 8.03. The van der Waals surface area contributed by atoms with Crippen molar-refractivity contribution < 1.29 is 9.67 Å². The second-order valence-corrected chi connectivity index (χ2v) is 10.7. The van der Waals surface area contributed by atoms with Crippen molar-refractivity contribution in [2.45, 2.75) is 18.4 Å². The van der Waals surface area contributed by atoms with Gasteiger partial charge in [0, 0.05) is 35.1 Å². The predicted molar refractivity (Wildman–Crippen MR) is 135 cm³/mol. The Morgan fingerprint density at radius 3 is 2.78 bits per heavy atom. The molecule has 0 fully saturated rings. The minimum atomic E-state index is 0.208. The summed E-state index contributed by atoms with van der Waals surface area (Å²) in [7, 11) is 4.02. The molecule has 1 aliphatic heterocycles. The van der Waals surface area contributed by atoms with Crippen LogP contribution in [0.5, 0.6) is 5.88 Å². The van der Waals surface area contributed by atoms with Gasteiger partial charge in [0.2, 0.25) is 0 Å². The summed E-state index contributed by atoms with van der Waals surface area (Å²) in [5, 5.41) is 13.3. The zero-order chi connectivity index (χ0) is 22.4. The van der Waals surface area contributed by atoms with Crippen molar-refractivity contribution in [1.29, 1.82) is 0 Å².